The minimum Gasteiger partial charge on any atom is -0.391 e. The molecule has 134 valence electrons. The number of nitrogens with zero attached hydrogens (tertiary/aromatic N) is 3. The Balaban J connectivity index is 1.79. The maximum atomic E-state index is 12.2. The molecule has 3 aromatic rings. The number of aliphatic hydroxyl groups excluding tert-OH is 1. The molecule has 5 heteroatoms. The van der Waals surface area contributed by atoms with Crippen LogP contribution >= 0.6 is 0 Å². The lowest BCUT2D eigenvalue weighted by molar-refractivity contribution is 0.0695. The summed E-state index contributed by atoms with van der Waals surface area (Å²) in [7, 11) is 1.76. The molecule has 2 aromatic heterocycles. The molecule has 1 aromatic carbocycles. The number of aromatic nitrogens is 3. The molecule has 5 nitrogen and oxygen atoms in total. The quantitative estimate of drug-likeness (QED) is 0.788. The maximum Gasteiger partial charge on any atom is 0.250 e. The third-order valence-electron chi connectivity index (χ3n) is 5.26. The molecule has 1 saturated carbocycles. The Bertz CT molecular complexity index is 959. The molecule has 1 aliphatic carbocycles. The van der Waals surface area contributed by atoms with E-state index in [1.165, 1.54) is 0 Å². The summed E-state index contributed by atoms with van der Waals surface area (Å²) in [5.74, 6) is 0. The van der Waals surface area contributed by atoms with Crippen molar-refractivity contribution >= 4 is 0 Å². The number of benzene rings is 1. The highest BCUT2D eigenvalue weighted by atomic mass is 16.3. The maximum absolute atomic E-state index is 12.2. The van der Waals surface area contributed by atoms with Gasteiger partial charge in [-0.15, -0.1) is 0 Å². The number of aryl methyl sites for hydroxylation is 1. The molecule has 0 bridgehead atoms. The van der Waals surface area contributed by atoms with Crippen LogP contribution in [0.25, 0.3) is 22.3 Å². The molecule has 0 saturated heterocycles. The highest BCUT2D eigenvalue weighted by Crippen LogP contribution is 2.33. The molecule has 2 heterocycles. The Hall–Kier alpha value is -2.66. The van der Waals surface area contributed by atoms with Gasteiger partial charge in [0.25, 0.3) is 5.56 Å². The topological polar surface area (TPSA) is 60.1 Å². The van der Waals surface area contributed by atoms with Crippen LogP contribution in [-0.2, 0) is 7.05 Å². The third kappa shape index (κ3) is 3.10. The van der Waals surface area contributed by atoms with E-state index in [1.54, 1.807) is 17.7 Å². The van der Waals surface area contributed by atoms with E-state index in [9.17, 15) is 9.90 Å². The van der Waals surface area contributed by atoms with E-state index < -0.39 is 0 Å². The molecule has 0 spiro atoms. The van der Waals surface area contributed by atoms with Crippen LogP contribution in [0.15, 0.2) is 59.8 Å². The predicted molar refractivity (Wildman–Crippen MR) is 102 cm³/mol. The highest BCUT2D eigenvalue weighted by Gasteiger charge is 2.25. The molecule has 0 radical (unpaired) electrons. The zero-order valence-electron chi connectivity index (χ0n) is 14.9. The van der Waals surface area contributed by atoms with Gasteiger partial charge in [-0.3, -0.25) is 9.48 Å². The zero-order valence-corrected chi connectivity index (χ0v) is 14.9. The summed E-state index contributed by atoms with van der Waals surface area (Å²) in [6, 6.07) is 11.6. The van der Waals surface area contributed by atoms with Crippen molar-refractivity contribution in [1.29, 1.82) is 0 Å². The van der Waals surface area contributed by atoms with Gasteiger partial charge in [0.2, 0.25) is 0 Å². The van der Waals surface area contributed by atoms with Crippen molar-refractivity contribution in [1.82, 2.24) is 14.3 Å². The Labute approximate surface area is 152 Å². The van der Waals surface area contributed by atoms with Gasteiger partial charge in [-0.05, 0) is 24.0 Å². The van der Waals surface area contributed by atoms with E-state index in [-0.39, 0.29) is 17.7 Å². The second-order valence-corrected chi connectivity index (χ2v) is 7.04. The molecule has 2 unspecified atom stereocenters. The molecule has 4 rings (SSSR count). The third-order valence-corrected chi connectivity index (χ3v) is 5.26. The summed E-state index contributed by atoms with van der Waals surface area (Å²) >= 11 is 0. The predicted octanol–water partition coefficient (Wildman–Crippen LogP) is 3.39. The van der Waals surface area contributed by atoms with E-state index in [4.69, 9.17) is 0 Å². The Kier molecular flexibility index (Phi) is 4.47. The fourth-order valence-electron chi connectivity index (χ4n) is 3.78. The number of hydrogen-bond acceptors (Lipinski definition) is 3. The fraction of sp³-hybridized carbons (Fsp3) is 0.333. The molecule has 2 atom stereocenters. The summed E-state index contributed by atoms with van der Waals surface area (Å²) in [5.41, 5.74) is 3.79. The van der Waals surface area contributed by atoms with Crippen molar-refractivity contribution in [3.8, 4) is 22.3 Å². The largest absolute Gasteiger partial charge is 0.391 e. The van der Waals surface area contributed by atoms with Crippen molar-refractivity contribution in [2.75, 3.05) is 0 Å². The van der Waals surface area contributed by atoms with Gasteiger partial charge in [0, 0.05) is 36.6 Å². The fourth-order valence-corrected chi connectivity index (χ4v) is 3.78. The molecular formula is C21H23N3O2. The molecule has 1 aliphatic rings. The van der Waals surface area contributed by atoms with Crippen LogP contribution in [0.5, 0.6) is 0 Å². The lowest BCUT2D eigenvalue weighted by Gasteiger charge is -2.27. The van der Waals surface area contributed by atoms with Crippen LogP contribution in [0.3, 0.4) is 0 Å². The first kappa shape index (κ1) is 16.8. The van der Waals surface area contributed by atoms with Crippen molar-refractivity contribution in [2.24, 2.45) is 7.05 Å². The Morgan fingerprint density at radius 1 is 1.04 bits per heavy atom. The van der Waals surface area contributed by atoms with Crippen LogP contribution < -0.4 is 5.56 Å². The minimum atomic E-state index is -0.342. The Morgan fingerprint density at radius 3 is 2.58 bits per heavy atom. The van der Waals surface area contributed by atoms with Crippen LogP contribution in [0, 0.1) is 0 Å². The second kappa shape index (κ2) is 6.92. The average molecular weight is 349 g/mol. The van der Waals surface area contributed by atoms with Crippen LogP contribution in [0.4, 0.5) is 0 Å². The van der Waals surface area contributed by atoms with Gasteiger partial charge in [-0.25, -0.2) is 0 Å². The van der Waals surface area contributed by atoms with Crippen LogP contribution in [0.2, 0.25) is 0 Å². The molecule has 1 N–H and O–H groups in total. The van der Waals surface area contributed by atoms with E-state index in [2.05, 4.69) is 5.10 Å². The van der Waals surface area contributed by atoms with E-state index in [0.29, 0.717) is 0 Å². The SMILES string of the molecule is Cn1cc(-c2cnn(C3CCCCC3O)c2)c(-c2ccccc2)cc1=O. The molecule has 0 amide bonds. The average Bonchev–Trinajstić information content (AvgIpc) is 3.14. The first-order valence-electron chi connectivity index (χ1n) is 9.12. The zero-order chi connectivity index (χ0) is 18.1. The highest BCUT2D eigenvalue weighted by molar-refractivity contribution is 5.82. The van der Waals surface area contributed by atoms with Crippen LogP contribution in [0.1, 0.15) is 31.7 Å². The minimum absolute atomic E-state index is 0.0326. The Morgan fingerprint density at radius 2 is 1.81 bits per heavy atom. The molecule has 26 heavy (non-hydrogen) atoms. The van der Waals surface area contributed by atoms with E-state index in [0.717, 1.165) is 47.9 Å². The lowest BCUT2D eigenvalue weighted by atomic mass is 9.93. The van der Waals surface area contributed by atoms with Crippen molar-refractivity contribution in [3.05, 3.63) is 65.3 Å². The second-order valence-electron chi connectivity index (χ2n) is 7.04. The summed E-state index contributed by atoms with van der Waals surface area (Å²) < 4.78 is 3.48. The lowest BCUT2D eigenvalue weighted by Crippen LogP contribution is -2.27. The van der Waals surface area contributed by atoms with E-state index >= 15 is 0 Å². The number of rotatable bonds is 3. The van der Waals surface area contributed by atoms with Gasteiger partial charge >= 0.3 is 0 Å². The van der Waals surface area contributed by atoms with Gasteiger partial charge in [-0.2, -0.15) is 5.10 Å². The first-order valence-corrected chi connectivity index (χ1v) is 9.12. The molecule has 1 fully saturated rings. The van der Waals surface area contributed by atoms with Gasteiger partial charge in [0.1, 0.15) is 0 Å². The van der Waals surface area contributed by atoms with Crippen molar-refractivity contribution in [3.63, 3.8) is 0 Å². The summed E-state index contributed by atoms with van der Waals surface area (Å²) in [6.45, 7) is 0. The van der Waals surface area contributed by atoms with E-state index in [1.807, 2.05) is 53.6 Å². The van der Waals surface area contributed by atoms with Crippen molar-refractivity contribution in [2.45, 2.75) is 37.8 Å². The summed E-state index contributed by atoms with van der Waals surface area (Å²) in [5, 5.41) is 14.8. The first-order chi connectivity index (χ1) is 12.6. The van der Waals surface area contributed by atoms with Gasteiger partial charge in [0.15, 0.2) is 0 Å². The van der Waals surface area contributed by atoms with Crippen LogP contribution in [-0.4, -0.2) is 25.6 Å². The van der Waals surface area contributed by atoms with Crippen molar-refractivity contribution < 1.29 is 5.11 Å². The van der Waals surface area contributed by atoms with Gasteiger partial charge in [0.05, 0.1) is 18.3 Å². The molecular weight excluding hydrogens is 326 g/mol. The normalized spacial score (nSPS) is 20.2. The smallest absolute Gasteiger partial charge is 0.250 e. The number of pyridine rings is 1. The number of aliphatic hydroxyl groups is 1. The monoisotopic (exact) mass is 349 g/mol. The molecule has 0 aliphatic heterocycles. The summed E-state index contributed by atoms with van der Waals surface area (Å²) in [4.78, 5) is 12.2. The summed E-state index contributed by atoms with van der Waals surface area (Å²) in [6.07, 6.45) is 9.31. The number of hydrogen-bond donors (Lipinski definition) is 1. The van der Waals surface area contributed by atoms with Gasteiger partial charge in [-0.1, -0.05) is 43.2 Å². The van der Waals surface area contributed by atoms with Gasteiger partial charge < -0.3 is 9.67 Å². The standard InChI is InChI=1S/C21H23N3O2/c1-23-14-18(17(11-21(23)26)15-7-3-2-4-8-15)16-12-22-24(13-16)19-9-5-6-10-20(19)25/h2-4,7-8,11-14,19-20,25H,5-6,9-10H2,1H3.